The number of Topliss-reactive ketones (excluding diaryl/α,β-unsaturated/α-hetero) is 1. The van der Waals surface area contributed by atoms with E-state index in [1.807, 2.05) is 50.2 Å². The molecule has 1 atom stereocenters. The third-order valence-corrected chi connectivity index (χ3v) is 6.10. The van der Waals surface area contributed by atoms with Crippen molar-refractivity contribution in [3.63, 3.8) is 0 Å². The van der Waals surface area contributed by atoms with Gasteiger partial charge < -0.3 is 11.1 Å². The van der Waals surface area contributed by atoms with E-state index in [2.05, 4.69) is 15.3 Å². The zero-order chi connectivity index (χ0) is 25.7. The predicted molar refractivity (Wildman–Crippen MR) is 139 cm³/mol. The minimum atomic E-state index is -0.317. The summed E-state index contributed by atoms with van der Waals surface area (Å²) >= 11 is 0. The number of carbonyl (C=O) groups is 1. The van der Waals surface area contributed by atoms with Crippen molar-refractivity contribution in [2.45, 2.75) is 32.7 Å². The molecule has 0 aliphatic carbocycles. The maximum Gasteiger partial charge on any atom is 0.167 e. The number of nitrogen functional groups attached to an aromatic ring is 1. The fourth-order valence-electron chi connectivity index (χ4n) is 4.04. The molecule has 4 rings (SSSR count). The van der Waals surface area contributed by atoms with Gasteiger partial charge in [-0.3, -0.25) is 4.79 Å². The van der Waals surface area contributed by atoms with Crippen LogP contribution in [0.2, 0.25) is 0 Å². The van der Waals surface area contributed by atoms with E-state index in [9.17, 15) is 14.4 Å². The molecule has 0 amide bonds. The van der Waals surface area contributed by atoms with Crippen molar-refractivity contribution in [3.8, 4) is 17.2 Å². The van der Waals surface area contributed by atoms with Gasteiger partial charge in [0.05, 0.1) is 11.1 Å². The smallest absolute Gasteiger partial charge is 0.167 e. The van der Waals surface area contributed by atoms with Gasteiger partial charge in [-0.25, -0.2) is 14.4 Å². The Kier molecular flexibility index (Phi) is 7.36. The first-order valence-corrected chi connectivity index (χ1v) is 11.6. The van der Waals surface area contributed by atoms with E-state index in [0.717, 1.165) is 27.8 Å². The average Bonchev–Trinajstić information content (AvgIpc) is 2.88. The Bertz CT molecular complexity index is 1430. The maximum atomic E-state index is 13.3. The van der Waals surface area contributed by atoms with Gasteiger partial charge in [-0.1, -0.05) is 43.3 Å². The average molecular weight is 480 g/mol. The number of rotatable bonds is 8. The Labute approximate surface area is 209 Å². The second-order valence-corrected chi connectivity index (χ2v) is 8.79. The highest BCUT2D eigenvalue weighted by Crippen LogP contribution is 2.26. The Hall–Kier alpha value is -4.57. The highest BCUT2D eigenvalue weighted by molar-refractivity contribution is 6.01. The van der Waals surface area contributed by atoms with Crippen molar-refractivity contribution in [3.05, 3.63) is 107 Å². The van der Waals surface area contributed by atoms with Gasteiger partial charge >= 0.3 is 0 Å². The number of aryl methyl sites for hydroxylation is 1. The number of anilines is 2. The van der Waals surface area contributed by atoms with Gasteiger partial charge in [-0.2, -0.15) is 5.26 Å². The van der Waals surface area contributed by atoms with E-state index in [1.54, 1.807) is 24.4 Å². The largest absolute Gasteiger partial charge is 0.384 e. The second-order valence-electron chi connectivity index (χ2n) is 8.79. The molecule has 0 aliphatic rings. The van der Waals surface area contributed by atoms with Crippen LogP contribution in [0, 0.1) is 24.1 Å². The second kappa shape index (κ2) is 10.8. The lowest BCUT2D eigenvalue weighted by atomic mass is 9.93. The summed E-state index contributed by atoms with van der Waals surface area (Å²) < 4.78 is 13.3. The topological polar surface area (TPSA) is 105 Å². The highest BCUT2D eigenvalue weighted by Gasteiger charge is 2.18. The van der Waals surface area contributed by atoms with Gasteiger partial charge in [-0.05, 0) is 59.4 Å². The Balaban J connectivity index is 1.49. The lowest BCUT2D eigenvalue weighted by Gasteiger charge is -2.14. The van der Waals surface area contributed by atoms with Gasteiger partial charge in [0.15, 0.2) is 5.78 Å². The summed E-state index contributed by atoms with van der Waals surface area (Å²) in [6.07, 6.45) is 3.42. The monoisotopic (exact) mass is 479 g/mol. The fraction of sp³-hybridized carbons (Fsp3) is 0.172. The molecule has 0 bridgehead atoms. The normalized spacial score (nSPS) is 11.5. The molecule has 3 N–H and O–H groups in total. The number of hydrogen-bond acceptors (Lipinski definition) is 6. The number of nitrogens with zero attached hydrogens (tertiary/aromatic N) is 3. The minimum Gasteiger partial charge on any atom is -0.384 e. The summed E-state index contributed by atoms with van der Waals surface area (Å²) in [5, 5.41) is 12.6. The number of halogens is 1. The zero-order valence-corrected chi connectivity index (χ0v) is 20.1. The van der Waals surface area contributed by atoms with Crippen LogP contribution in [0.25, 0.3) is 11.1 Å². The molecule has 36 heavy (non-hydrogen) atoms. The molecule has 2 heterocycles. The Morgan fingerprint density at radius 3 is 2.47 bits per heavy atom. The molecule has 2 aromatic carbocycles. The number of nitrogens with two attached hydrogens (primary N) is 1. The van der Waals surface area contributed by atoms with E-state index in [4.69, 9.17) is 5.73 Å². The standard InChI is InChI=1S/C29H26FN5O/c1-18(22-7-9-24(30)10-8-22)11-27(36)25-13-21(14-31)16-35-29(25)34-15-20-3-5-23(6-4-20)26-17-33-28(32)12-19(26)2/h3-10,12-13,16-18H,11,15H2,1-2H3,(H2,32,33)(H,34,35)/t18-/m1/s1. The van der Waals surface area contributed by atoms with Crippen LogP contribution < -0.4 is 11.1 Å². The molecule has 0 unspecified atom stereocenters. The SMILES string of the molecule is Cc1cc(N)ncc1-c1ccc(CNc2ncc(C#N)cc2C(=O)C[C@@H](C)c2ccc(F)cc2)cc1. The molecule has 4 aromatic rings. The molecular weight excluding hydrogens is 453 g/mol. The highest BCUT2D eigenvalue weighted by atomic mass is 19.1. The molecule has 0 saturated carbocycles. The van der Waals surface area contributed by atoms with E-state index in [0.29, 0.717) is 29.3 Å². The summed E-state index contributed by atoms with van der Waals surface area (Å²) in [5.74, 6) is 0.344. The quantitative estimate of drug-likeness (QED) is 0.299. The van der Waals surface area contributed by atoms with Crippen molar-refractivity contribution in [1.82, 2.24) is 9.97 Å². The predicted octanol–water partition coefficient (Wildman–Crippen LogP) is 6.03. The number of aromatic nitrogens is 2. The molecular formula is C29H26FN5O. The van der Waals surface area contributed by atoms with Crippen LogP contribution in [0.15, 0.2) is 73.1 Å². The summed E-state index contributed by atoms with van der Waals surface area (Å²) in [4.78, 5) is 21.7. The number of ketones is 1. The Morgan fingerprint density at radius 2 is 1.81 bits per heavy atom. The summed E-state index contributed by atoms with van der Waals surface area (Å²) in [6, 6.07) is 19.6. The summed E-state index contributed by atoms with van der Waals surface area (Å²) in [5.41, 5.74) is 11.4. The molecule has 0 spiro atoms. The number of nitrogens with one attached hydrogen (secondary N) is 1. The van der Waals surface area contributed by atoms with Crippen molar-refractivity contribution >= 4 is 17.4 Å². The number of hydrogen-bond donors (Lipinski definition) is 2. The maximum absolute atomic E-state index is 13.3. The molecule has 0 saturated heterocycles. The fourth-order valence-corrected chi connectivity index (χ4v) is 4.04. The van der Waals surface area contributed by atoms with E-state index in [-0.39, 0.29) is 23.9 Å². The van der Waals surface area contributed by atoms with Crippen LogP contribution in [0.5, 0.6) is 0 Å². The van der Waals surface area contributed by atoms with Crippen LogP contribution in [-0.2, 0) is 6.54 Å². The molecule has 6 nitrogen and oxygen atoms in total. The number of benzene rings is 2. The lowest BCUT2D eigenvalue weighted by Crippen LogP contribution is -2.11. The van der Waals surface area contributed by atoms with E-state index in [1.165, 1.54) is 18.3 Å². The first-order chi connectivity index (χ1) is 17.3. The van der Waals surface area contributed by atoms with Crippen molar-refractivity contribution in [1.29, 1.82) is 5.26 Å². The van der Waals surface area contributed by atoms with Gasteiger partial charge in [0.2, 0.25) is 0 Å². The van der Waals surface area contributed by atoms with Crippen LogP contribution in [0.3, 0.4) is 0 Å². The third-order valence-electron chi connectivity index (χ3n) is 6.10. The minimum absolute atomic E-state index is 0.115. The number of nitriles is 1. The van der Waals surface area contributed by atoms with Gasteiger partial charge in [0.1, 0.15) is 23.5 Å². The lowest BCUT2D eigenvalue weighted by molar-refractivity contribution is 0.0976. The molecule has 0 aliphatic heterocycles. The van der Waals surface area contributed by atoms with Crippen LogP contribution >= 0.6 is 0 Å². The van der Waals surface area contributed by atoms with E-state index < -0.39 is 0 Å². The first-order valence-electron chi connectivity index (χ1n) is 11.6. The molecule has 0 radical (unpaired) electrons. The van der Waals surface area contributed by atoms with Gasteiger partial charge in [0, 0.05) is 30.9 Å². The van der Waals surface area contributed by atoms with Crippen molar-refractivity contribution in [2.75, 3.05) is 11.1 Å². The summed E-state index contributed by atoms with van der Waals surface area (Å²) in [7, 11) is 0. The van der Waals surface area contributed by atoms with Gasteiger partial charge in [0.25, 0.3) is 0 Å². The molecule has 0 fully saturated rings. The van der Waals surface area contributed by atoms with Gasteiger partial charge in [-0.15, -0.1) is 0 Å². The Morgan fingerprint density at radius 1 is 1.08 bits per heavy atom. The molecule has 7 heteroatoms. The first kappa shape index (κ1) is 24.6. The van der Waals surface area contributed by atoms with Crippen molar-refractivity contribution < 1.29 is 9.18 Å². The summed E-state index contributed by atoms with van der Waals surface area (Å²) in [6.45, 7) is 4.36. The number of carbonyl (C=O) groups excluding carboxylic acids is 1. The van der Waals surface area contributed by atoms with Crippen LogP contribution in [-0.4, -0.2) is 15.8 Å². The van der Waals surface area contributed by atoms with Crippen molar-refractivity contribution in [2.24, 2.45) is 0 Å². The third kappa shape index (κ3) is 5.73. The zero-order valence-electron chi connectivity index (χ0n) is 20.1. The van der Waals surface area contributed by atoms with E-state index >= 15 is 0 Å². The van der Waals surface area contributed by atoms with Crippen LogP contribution in [0.1, 0.15) is 51.9 Å². The number of pyridine rings is 2. The molecule has 180 valence electrons. The van der Waals surface area contributed by atoms with Crippen LogP contribution in [0.4, 0.5) is 16.0 Å². The molecule has 2 aromatic heterocycles.